The second-order valence-electron chi connectivity index (χ2n) is 6.00. The largest absolute Gasteiger partial charge is 0.378 e. The number of guanidine groups is 1. The fraction of sp³-hybridized carbons (Fsp3) is 0.632. The highest BCUT2D eigenvalue weighted by atomic mass is 127. The third-order valence-electron chi connectivity index (χ3n) is 4.30. The van der Waals surface area contributed by atoms with Crippen molar-refractivity contribution in [1.29, 1.82) is 0 Å². The molecule has 1 aliphatic heterocycles. The molecule has 0 aliphatic carbocycles. The van der Waals surface area contributed by atoms with Crippen LogP contribution in [0, 0.1) is 0 Å². The van der Waals surface area contributed by atoms with Crippen molar-refractivity contribution in [1.82, 2.24) is 10.2 Å². The molecule has 1 aliphatic rings. The van der Waals surface area contributed by atoms with E-state index in [9.17, 15) is 0 Å². The van der Waals surface area contributed by atoms with Gasteiger partial charge in [-0.2, -0.15) is 0 Å². The van der Waals surface area contributed by atoms with Crippen molar-refractivity contribution in [3.63, 3.8) is 0 Å². The minimum absolute atomic E-state index is 0. The minimum Gasteiger partial charge on any atom is -0.378 e. The topological polar surface area (TPSA) is 46.1 Å². The van der Waals surface area contributed by atoms with Crippen LogP contribution in [0.4, 0.5) is 0 Å². The van der Waals surface area contributed by atoms with E-state index < -0.39 is 0 Å². The lowest BCUT2D eigenvalue weighted by molar-refractivity contribution is 0.0263. The van der Waals surface area contributed by atoms with Gasteiger partial charge in [0.2, 0.25) is 0 Å². The molecule has 1 aromatic rings. The number of hydrogen-bond donors (Lipinski definition) is 1. The van der Waals surface area contributed by atoms with E-state index in [1.807, 2.05) is 14.0 Å². The normalized spacial score (nSPS) is 15.8. The van der Waals surface area contributed by atoms with E-state index in [1.54, 1.807) is 0 Å². The number of likely N-dealkylation sites (tertiary alicyclic amines) is 1. The van der Waals surface area contributed by atoms with E-state index in [0.717, 1.165) is 51.6 Å². The zero-order valence-corrected chi connectivity index (χ0v) is 18.0. The molecule has 0 saturated carbocycles. The fourth-order valence-electron chi connectivity index (χ4n) is 2.96. The lowest BCUT2D eigenvalue weighted by Gasteiger charge is -2.34. The predicted molar refractivity (Wildman–Crippen MR) is 114 cm³/mol. The summed E-state index contributed by atoms with van der Waals surface area (Å²) in [5.41, 5.74) is 2.46. The molecule has 0 spiro atoms. The molecule has 6 heteroatoms. The average molecular weight is 461 g/mol. The Kier molecular flexibility index (Phi) is 11.1. The Labute approximate surface area is 169 Å². The van der Waals surface area contributed by atoms with Crippen LogP contribution in [-0.2, 0) is 22.6 Å². The first-order chi connectivity index (χ1) is 11.8. The Hall–Kier alpha value is -0.860. The number of rotatable bonds is 7. The Morgan fingerprint density at radius 1 is 1.12 bits per heavy atom. The molecule has 2 rings (SSSR count). The summed E-state index contributed by atoms with van der Waals surface area (Å²) in [5, 5.41) is 3.47. The van der Waals surface area contributed by atoms with Crippen LogP contribution in [-0.4, -0.2) is 50.3 Å². The van der Waals surface area contributed by atoms with E-state index in [2.05, 4.69) is 46.4 Å². The van der Waals surface area contributed by atoms with E-state index >= 15 is 0 Å². The molecule has 1 aromatic carbocycles. The number of hydrogen-bond acceptors (Lipinski definition) is 3. The summed E-state index contributed by atoms with van der Waals surface area (Å²) in [5.74, 6) is 0.975. The standard InChI is InChI=1S/C19H31N3O2.HI/c1-4-23-15-17-8-6-16(7-9-17)14-21-19(20-3)22-12-10-18(11-13-22)24-5-2;/h6-9,18H,4-5,10-15H2,1-3H3,(H,20,21);1H. The van der Waals surface area contributed by atoms with Gasteiger partial charge in [-0.3, -0.25) is 4.99 Å². The maximum absolute atomic E-state index is 5.72. The first-order valence-corrected chi connectivity index (χ1v) is 8.99. The number of benzene rings is 1. The Balaban J connectivity index is 0.00000312. The number of aliphatic imine (C=N–C) groups is 1. The predicted octanol–water partition coefficient (Wildman–Crippen LogP) is 3.42. The Morgan fingerprint density at radius 2 is 1.76 bits per heavy atom. The number of ether oxygens (including phenoxy) is 2. The van der Waals surface area contributed by atoms with Gasteiger partial charge in [0.05, 0.1) is 12.7 Å². The first kappa shape index (κ1) is 22.2. The summed E-state index contributed by atoms with van der Waals surface area (Å²) in [6.07, 6.45) is 2.55. The van der Waals surface area contributed by atoms with Gasteiger partial charge in [-0.05, 0) is 37.8 Å². The molecule has 1 heterocycles. The van der Waals surface area contributed by atoms with Crippen LogP contribution in [0.15, 0.2) is 29.3 Å². The number of piperidine rings is 1. The summed E-state index contributed by atoms with van der Waals surface area (Å²) < 4.78 is 11.1. The van der Waals surface area contributed by atoms with Crippen LogP contribution in [0.1, 0.15) is 37.8 Å². The summed E-state index contributed by atoms with van der Waals surface area (Å²) in [7, 11) is 1.85. The van der Waals surface area contributed by atoms with Crippen molar-refractivity contribution in [2.24, 2.45) is 4.99 Å². The third-order valence-corrected chi connectivity index (χ3v) is 4.30. The van der Waals surface area contributed by atoms with E-state index in [4.69, 9.17) is 9.47 Å². The monoisotopic (exact) mass is 461 g/mol. The van der Waals surface area contributed by atoms with Gasteiger partial charge in [0.15, 0.2) is 5.96 Å². The van der Waals surface area contributed by atoms with Crippen LogP contribution >= 0.6 is 24.0 Å². The molecular weight excluding hydrogens is 429 g/mol. The zero-order chi connectivity index (χ0) is 17.2. The molecule has 25 heavy (non-hydrogen) atoms. The van der Waals surface area contributed by atoms with E-state index in [1.165, 1.54) is 11.1 Å². The fourth-order valence-corrected chi connectivity index (χ4v) is 2.96. The maximum Gasteiger partial charge on any atom is 0.193 e. The molecule has 0 bridgehead atoms. The van der Waals surface area contributed by atoms with E-state index in [0.29, 0.717) is 12.7 Å². The van der Waals surface area contributed by atoms with Gasteiger partial charge in [0.25, 0.3) is 0 Å². The van der Waals surface area contributed by atoms with Crippen LogP contribution < -0.4 is 5.32 Å². The van der Waals surface area contributed by atoms with Crippen molar-refractivity contribution in [2.45, 2.75) is 45.9 Å². The Bertz CT molecular complexity index is 500. The van der Waals surface area contributed by atoms with Crippen molar-refractivity contribution in [3.05, 3.63) is 35.4 Å². The molecule has 1 N–H and O–H groups in total. The van der Waals surface area contributed by atoms with Gasteiger partial charge in [0.1, 0.15) is 0 Å². The molecule has 5 nitrogen and oxygen atoms in total. The molecule has 0 atom stereocenters. The molecule has 142 valence electrons. The van der Waals surface area contributed by atoms with Crippen molar-refractivity contribution in [3.8, 4) is 0 Å². The smallest absolute Gasteiger partial charge is 0.193 e. The summed E-state index contributed by atoms with van der Waals surface area (Å²) in [6.45, 7) is 9.09. The lowest BCUT2D eigenvalue weighted by Crippen LogP contribution is -2.46. The number of nitrogens with one attached hydrogen (secondary N) is 1. The van der Waals surface area contributed by atoms with Gasteiger partial charge in [-0.1, -0.05) is 24.3 Å². The van der Waals surface area contributed by atoms with Gasteiger partial charge < -0.3 is 19.7 Å². The van der Waals surface area contributed by atoms with Gasteiger partial charge in [0, 0.05) is 39.9 Å². The van der Waals surface area contributed by atoms with E-state index in [-0.39, 0.29) is 24.0 Å². The number of halogens is 1. The summed E-state index contributed by atoms with van der Waals surface area (Å²) >= 11 is 0. The Morgan fingerprint density at radius 3 is 2.32 bits per heavy atom. The molecule has 0 radical (unpaired) electrons. The van der Waals surface area contributed by atoms with Crippen LogP contribution in [0.2, 0.25) is 0 Å². The average Bonchev–Trinajstić information content (AvgIpc) is 2.63. The molecule has 0 amide bonds. The number of nitrogens with zero attached hydrogens (tertiary/aromatic N) is 2. The highest BCUT2D eigenvalue weighted by Crippen LogP contribution is 2.14. The first-order valence-electron chi connectivity index (χ1n) is 8.99. The highest BCUT2D eigenvalue weighted by Gasteiger charge is 2.21. The summed E-state index contributed by atoms with van der Waals surface area (Å²) in [6, 6.07) is 8.55. The van der Waals surface area contributed by atoms with Crippen molar-refractivity contribution in [2.75, 3.05) is 33.4 Å². The summed E-state index contributed by atoms with van der Waals surface area (Å²) in [4.78, 5) is 6.74. The quantitative estimate of drug-likeness (QED) is 0.384. The lowest BCUT2D eigenvalue weighted by atomic mass is 10.1. The van der Waals surface area contributed by atoms with Crippen LogP contribution in [0.3, 0.4) is 0 Å². The highest BCUT2D eigenvalue weighted by molar-refractivity contribution is 14.0. The minimum atomic E-state index is 0. The maximum atomic E-state index is 5.72. The van der Waals surface area contributed by atoms with Crippen molar-refractivity contribution < 1.29 is 9.47 Å². The van der Waals surface area contributed by atoms with Gasteiger partial charge >= 0.3 is 0 Å². The molecule has 1 saturated heterocycles. The molecular formula is C19H32IN3O2. The van der Waals surface area contributed by atoms with Crippen LogP contribution in [0.5, 0.6) is 0 Å². The van der Waals surface area contributed by atoms with Crippen molar-refractivity contribution >= 4 is 29.9 Å². The zero-order valence-electron chi connectivity index (χ0n) is 15.7. The molecule has 1 fully saturated rings. The van der Waals surface area contributed by atoms with Gasteiger partial charge in [-0.15, -0.1) is 24.0 Å². The van der Waals surface area contributed by atoms with Crippen LogP contribution in [0.25, 0.3) is 0 Å². The second kappa shape index (κ2) is 12.5. The van der Waals surface area contributed by atoms with Gasteiger partial charge in [-0.25, -0.2) is 0 Å². The second-order valence-corrected chi connectivity index (χ2v) is 6.00. The SMILES string of the molecule is CCOCc1ccc(CNC(=NC)N2CCC(OCC)CC2)cc1.I. The third kappa shape index (κ3) is 7.50. The molecule has 0 aromatic heterocycles. The molecule has 0 unspecified atom stereocenters.